The van der Waals surface area contributed by atoms with Crippen LogP contribution < -0.4 is 15.5 Å². The number of halogens is 2. The summed E-state index contributed by atoms with van der Waals surface area (Å²) in [6.07, 6.45) is 3.75. The highest BCUT2D eigenvalue weighted by molar-refractivity contribution is 6.31. The lowest BCUT2D eigenvalue weighted by Gasteiger charge is -2.22. The number of hydrogen-bond donors (Lipinski definition) is 2. The monoisotopic (exact) mass is 526 g/mol. The molecule has 1 aromatic carbocycles. The summed E-state index contributed by atoms with van der Waals surface area (Å²) in [5.41, 5.74) is 0.799. The SMILES string of the molecule is CC(=O)N1CCCN(c2ccc(C(=O)Nc3ccc(Cl)cc3C(=O)Nc3ccc(Cl)cn3)cn2)CC1. The molecule has 1 aliphatic rings. The van der Waals surface area contributed by atoms with Gasteiger partial charge in [0.1, 0.15) is 11.6 Å². The fraction of sp³-hybridized carbons (Fsp3) is 0.240. The minimum atomic E-state index is -0.489. The lowest BCUT2D eigenvalue weighted by atomic mass is 10.1. The van der Waals surface area contributed by atoms with E-state index in [0.29, 0.717) is 34.5 Å². The van der Waals surface area contributed by atoms with E-state index in [0.717, 1.165) is 25.3 Å². The van der Waals surface area contributed by atoms with Crippen molar-refractivity contribution in [2.75, 3.05) is 41.7 Å². The van der Waals surface area contributed by atoms with Crippen LogP contribution >= 0.6 is 23.2 Å². The van der Waals surface area contributed by atoms with Gasteiger partial charge in [0.05, 0.1) is 21.8 Å². The quantitative estimate of drug-likeness (QED) is 0.511. The molecule has 0 unspecified atom stereocenters. The zero-order valence-electron chi connectivity index (χ0n) is 19.5. The molecule has 1 fully saturated rings. The Hall–Kier alpha value is -3.69. The van der Waals surface area contributed by atoms with Crippen LogP contribution in [-0.4, -0.2) is 58.8 Å². The van der Waals surface area contributed by atoms with Crippen LogP contribution in [0.1, 0.15) is 34.1 Å². The molecule has 2 N–H and O–H groups in total. The largest absolute Gasteiger partial charge is 0.355 e. The Kier molecular flexibility index (Phi) is 8.02. The van der Waals surface area contributed by atoms with Gasteiger partial charge in [-0.25, -0.2) is 9.97 Å². The summed E-state index contributed by atoms with van der Waals surface area (Å²) in [5.74, 6) is 0.197. The molecular formula is C25H24Cl2N6O3. The molecule has 3 amide bonds. The summed E-state index contributed by atoms with van der Waals surface area (Å²) in [4.78, 5) is 49.9. The standard InChI is InChI=1S/C25H24Cl2N6O3/c1-16(34)32-9-2-10-33(12-11-32)23-8-3-17(14-29-23)24(35)30-21-6-4-18(26)13-20(21)25(36)31-22-7-5-19(27)15-28-22/h3-8,13-15H,2,9-12H2,1H3,(H,30,35)(H,28,31,36). The molecule has 186 valence electrons. The third-order valence-corrected chi connectivity index (χ3v) is 6.18. The van der Waals surface area contributed by atoms with E-state index in [-0.39, 0.29) is 17.2 Å². The summed E-state index contributed by atoms with van der Waals surface area (Å²) in [6, 6.07) is 11.2. The Bertz CT molecular complexity index is 1270. The smallest absolute Gasteiger partial charge is 0.258 e. The van der Waals surface area contributed by atoms with E-state index < -0.39 is 11.8 Å². The third-order valence-electron chi connectivity index (χ3n) is 5.72. The van der Waals surface area contributed by atoms with Crippen molar-refractivity contribution in [1.82, 2.24) is 14.9 Å². The normalized spacial score (nSPS) is 13.6. The highest BCUT2D eigenvalue weighted by atomic mass is 35.5. The average Bonchev–Trinajstić information content (AvgIpc) is 3.13. The molecule has 1 aliphatic heterocycles. The molecule has 0 radical (unpaired) electrons. The van der Waals surface area contributed by atoms with E-state index in [1.54, 1.807) is 43.3 Å². The van der Waals surface area contributed by atoms with E-state index in [2.05, 4.69) is 25.5 Å². The second-order valence-corrected chi connectivity index (χ2v) is 9.08. The molecule has 3 heterocycles. The summed E-state index contributed by atoms with van der Waals surface area (Å²) in [6.45, 7) is 4.37. The van der Waals surface area contributed by atoms with Crippen molar-refractivity contribution in [3.63, 3.8) is 0 Å². The Labute approximate surface area is 218 Å². The zero-order chi connectivity index (χ0) is 25.7. The minimum absolute atomic E-state index is 0.0662. The number of anilines is 3. The number of amides is 3. The second kappa shape index (κ2) is 11.4. The van der Waals surface area contributed by atoms with E-state index in [1.165, 1.54) is 18.5 Å². The Balaban J connectivity index is 1.45. The van der Waals surface area contributed by atoms with Gasteiger partial charge < -0.3 is 20.4 Å². The fourth-order valence-electron chi connectivity index (χ4n) is 3.81. The van der Waals surface area contributed by atoms with Crippen molar-refractivity contribution >= 4 is 58.2 Å². The lowest BCUT2D eigenvalue weighted by Crippen LogP contribution is -2.33. The van der Waals surface area contributed by atoms with Gasteiger partial charge in [-0.1, -0.05) is 23.2 Å². The number of nitrogens with zero attached hydrogens (tertiary/aromatic N) is 4. The minimum Gasteiger partial charge on any atom is -0.355 e. The Morgan fingerprint density at radius 2 is 1.64 bits per heavy atom. The molecule has 0 bridgehead atoms. The van der Waals surface area contributed by atoms with Crippen molar-refractivity contribution in [3.05, 3.63) is 76.0 Å². The topological polar surface area (TPSA) is 108 Å². The summed E-state index contributed by atoms with van der Waals surface area (Å²) >= 11 is 11.9. The van der Waals surface area contributed by atoms with Crippen molar-refractivity contribution < 1.29 is 14.4 Å². The first kappa shape index (κ1) is 25.4. The maximum Gasteiger partial charge on any atom is 0.258 e. The third kappa shape index (κ3) is 6.30. The van der Waals surface area contributed by atoms with Crippen LogP contribution in [0, 0.1) is 0 Å². The first-order chi connectivity index (χ1) is 17.3. The zero-order valence-corrected chi connectivity index (χ0v) is 21.0. The van der Waals surface area contributed by atoms with Crippen molar-refractivity contribution in [2.24, 2.45) is 0 Å². The van der Waals surface area contributed by atoms with Crippen LogP contribution in [0.25, 0.3) is 0 Å². The number of aromatic nitrogens is 2. The molecule has 11 heteroatoms. The number of benzene rings is 1. The van der Waals surface area contributed by atoms with Crippen LogP contribution in [0.15, 0.2) is 54.9 Å². The van der Waals surface area contributed by atoms with Crippen LogP contribution in [0.2, 0.25) is 10.0 Å². The van der Waals surface area contributed by atoms with Crippen LogP contribution in [-0.2, 0) is 4.79 Å². The number of nitrogens with one attached hydrogen (secondary N) is 2. The maximum atomic E-state index is 12.9. The molecule has 1 saturated heterocycles. The number of hydrogen-bond acceptors (Lipinski definition) is 6. The molecule has 0 atom stereocenters. The predicted molar refractivity (Wildman–Crippen MR) is 140 cm³/mol. The molecule has 0 saturated carbocycles. The van der Waals surface area contributed by atoms with Gasteiger partial charge in [0.25, 0.3) is 11.8 Å². The number of carbonyl (C=O) groups excluding carboxylic acids is 3. The molecular weight excluding hydrogens is 503 g/mol. The Morgan fingerprint density at radius 1 is 0.833 bits per heavy atom. The van der Waals surface area contributed by atoms with E-state index in [1.807, 2.05) is 4.90 Å². The summed E-state index contributed by atoms with van der Waals surface area (Å²) < 4.78 is 0. The van der Waals surface area contributed by atoms with Gasteiger partial charge in [-0.15, -0.1) is 0 Å². The predicted octanol–water partition coefficient (Wildman–Crippen LogP) is 4.35. The van der Waals surface area contributed by atoms with Gasteiger partial charge >= 0.3 is 0 Å². The van der Waals surface area contributed by atoms with E-state index in [9.17, 15) is 14.4 Å². The first-order valence-electron chi connectivity index (χ1n) is 11.3. The molecule has 0 spiro atoms. The Morgan fingerprint density at radius 3 is 2.33 bits per heavy atom. The van der Waals surface area contributed by atoms with E-state index in [4.69, 9.17) is 23.2 Å². The summed E-state index contributed by atoms with van der Waals surface area (Å²) in [5, 5.41) is 6.21. The van der Waals surface area contributed by atoms with Crippen LogP contribution in [0.5, 0.6) is 0 Å². The average molecular weight is 527 g/mol. The van der Waals surface area contributed by atoms with Crippen LogP contribution in [0.3, 0.4) is 0 Å². The van der Waals surface area contributed by atoms with Gasteiger partial charge in [-0.3, -0.25) is 14.4 Å². The lowest BCUT2D eigenvalue weighted by molar-refractivity contribution is -0.128. The summed E-state index contributed by atoms with van der Waals surface area (Å²) in [7, 11) is 0. The molecule has 3 aromatic rings. The number of pyridine rings is 2. The molecule has 0 aliphatic carbocycles. The fourth-order valence-corrected chi connectivity index (χ4v) is 4.09. The van der Waals surface area contributed by atoms with Gasteiger partial charge in [0, 0.05) is 50.5 Å². The number of carbonyl (C=O) groups is 3. The van der Waals surface area contributed by atoms with E-state index >= 15 is 0 Å². The second-order valence-electron chi connectivity index (χ2n) is 8.21. The highest BCUT2D eigenvalue weighted by Crippen LogP contribution is 2.23. The van der Waals surface area contributed by atoms with Crippen molar-refractivity contribution in [1.29, 1.82) is 0 Å². The van der Waals surface area contributed by atoms with Crippen LogP contribution in [0.4, 0.5) is 17.3 Å². The van der Waals surface area contributed by atoms with Crippen molar-refractivity contribution in [2.45, 2.75) is 13.3 Å². The van der Waals surface area contributed by atoms with Gasteiger partial charge in [0.15, 0.2) is 0 Å². The van der Waals surface area contributed by atoms with Gasteiger partial charge in [-0.2, -0.15) is 0 Å². The van der Waals surface area contributed by atoms with Crippen molar-refractivity contribution in [3.8, 4) is 0 Å². The highest BCUT2D eigenvalue weighted by Gasteiger charge is 2.19. The number of rotatable bonds is 5. The maximum absolute atomic E-state index is 12.9. The molecule has 4 rings (SSSR count). The van der Waals surface area contributed by atoms with Gasteiger partial charge in [0.2, 0.25) is 5.91 Å². The molecule has 36 heavy (non-hydrogen) atoms. The molecule has 2 aromatic heterocycles. The molecule has 9 nitrogen and oxygen atoms in total. The first-order valence-corrected chi connectivity index (χ1v) is 12.1. The van der Waals surface area contributed by atoms with Gasteiger partial charge in [-0.05, 0) is 48.9 Å².